The highest BCUT2D eigenvalue weighted by atomic mass is 35.5. The fraction of sp³-hybridized carbons (Fsp3) is 0.625. The van der Waals surface area contributed by atoms with Crippen LogP contribution >= 0.6 is 11.6 Å². The number of nitrogens with zero attached hydrogens (tertiary/aromatic N) is 1. The average Bonchev–Trinajstić information content (AvgIpc) is 2.68. The Kier molecular flexibility index (Phi) is 4.57. The van der Waals surface area contributed by atoms with Crippen LogP contribution in [-0.2, 0) is 11.3 Å². The topological polar surface area (TPSA) is 30.9 Å². The molecule has 0 radical (unpaired) electrons. The van der Waals surface area contributed by atoms with Gasteiger partial charge in [0.15, 0.2) is 11.5 Å². The van der Waals surface area contributed by atoms with Gasteiger partial charge in [0.05, 0.1) is 30.9 Å². The fourth-order valence-electron chi connectivity index (χ4n) is 2.80. The summed E-state index contributed by atoms with van der Waals surface area (Å²) >= 11 is 6.35. The van der Waals surface area contributed by atoms with E-state index in [0.29, 0.717) is 30.0 Å². The molecule has 0 aromatic heterocycles. The smallest absolute Gasteiger partial charge is 0.179 e. The van der Waals surface area contributed by atoms with Gasteiger partial charge in [-0.3, -0.25) is 4.90 Å². The molecule has 0 spiro atoms. The van der Waals surface area contributed by atoms with Crippen LogP contribution in [0, 0.1) is 0 Å². The van der Waals surface area contributed by atoms with Gasteiger partial charge in [-0.1, -0.05) is 11.6 Å². The zero-order valence-electron chi connectivity index (χ0n) is 12.6. The lowest BCUT2D eigenvalue weighted by atomic mass is 10.1. The fourth-order valence-corrected chi connectivity index (χ4v) is 3.09. The summed E-state index contributed by atoms with van der Waals surface area (Å²) < 4.78 is 17.1. The highest BCUT2D eigenvalue weighted by Gasteiger charge is 2.24. The van der Waals surface area contributed by atoms with Crippen molar-refractivity contribution in [2.75, 3.05) is 26.4 Å². The summed E-state index contributed by atoms with van der Waals surface area (Å²) in [7, 11) is 0. The second-order valence-electron chi connectivity index (χ2n) is 5.88. The lowest BCUT2D eigenvalue weighted by Crippen LogP contribution is -2.46. The normalized spacial score (nSPS) is 26.4. The third-order valence-electron chi connectivity index (χ3n) is 3.98. The molecule has 0 bridgehead atoms. The Morgan fingerprint density at radius 1 is 1.24 bits per heavy atom. The van der Waals surface area contributed by atoms with Crippen molar-refractivity contribution in [3.8, 4) is 11.5 Å². The first kappa shape index (κ1) is 14.9. The molecule has 5 heteroatoms. The summed E-state index contributed by atoms with van der Waals surface area (Å²) in [4.78, 5) is 2.42. The Labute approximate surface area is 130 Å². The maximum Gasteiger partial charge on any atom is 0.179 e. The molecule has 4 nitrogen and oxygen atoms in total. The molecule has 2 heterocycles. The lowest BCUT2D eigenvalue weighted by molar-refractivity contribution is -0.0526. The van der Waals surface area contributed by atoms with Crippen LogP contribution in [-0.4, -0.2) is 43.4 Å². The van der Waals surface area contributed by atoms with Gasteiger partial charge in [0.1, 0.15) is 0 Å². The Bertz CT molecular complexity index is 509. The molecule has 21 heavy (non-hydrogen) atoms. The monoisotopic (exact) mass is 311 g/mol. The van der Waals surface area contributed by atoms with Crippen molar-refractivity contribution >= 4 is 11.6 Å². The van der Waals surface area contributed by atoms with Crippen molar-refractivity contribution in [1.29, 1.82) is 0 Å². The summed E-state index contributed by atoms with van der Waals surface area (Å²) in [5.41, 5.74) is 1.16. The van der Waals surface area contributed by atoms with E-state index in [9.17, 15) is 0 Å². The van der Waals surface area contributed by atoms with Gasteiger partial charge >= 0.3 is 0 Å². The Hall–Kier alpha value is -0.970. The standard InChI is InChI=1S/C16H22ClNO3/c1-11-10-21-12(2)8-18(11)9-13-6-14(17)16-15(7-13)19-4-3-5-20-16/h6-7,11-12H,3-5,8-10H2,1-2H3/t11-,12-/m1/s1. The minimum Gasteiger partial charge on any atom is -0.489 e. The number of hydrogen-bond donors (Lipinski definition) is 0. The van der Waals surface area contributed by atoms with Gasteiger partial charge in [-0.2, -0.15) is 0 Å². The molecular weight excluding hydrogens is 290 g/mol. The van der Waals surface area contributed by atoms with Crippen LogP contribution in [0.25, 0.3) is 0 Å². The van der Waals surface area contributed by atoms with Gasteiger partial charge in [0, 0.05) is 25.6 Å². The van der Waals surface area contributed by atoms with Gasteiger partial charge in [-0.25, -0.2) is 0 Å². The van der Waals surface area contributed by atoms with E-state index in [2.05, 4.69) is 24.8 Å². The first-order chi connectivity index (χ1) is 10.1. The summed E-state index contributed by atoms with van der Waals surface area (Å²) in [6, 6.07) is 4.46. The molecule has 0 unspecified atom stereocenters. The number of benzene rings is 1. The predicted molar refractivity (Wildman–Crippen MR) is 82.3 cm³/mol. The van der Waals surface area contributed by atoms with Gasteiger partial charge in [-0.05, 0) is 31.5 Å². The summed E-state index contributed by atoms with van der Waals surface area (Å²) in [5, 5.41) is 0.637. The number of morpholine rings is 1. The second-order valence-corrected chi connectivity index (χ2v) is 6.28. The molecule has 2 atom stereocenters. The molecule has 0 N–H and O–H groups in total. The largest absolute Gasteiger partial charge is 0.489 e. The predicted octanol–water partition coefficient (Wildman–Crippen LogP) is 3.11. The van der Waals surface area contributed by atoms with Crippen LogP contribution in [0.1, 0.15) is 25.8 Å². The molecule has 1 fully saturated rings. The van der Waals surface area contributed by atoms with E-state index in [1.807, 2.05) is 6.07 Å². The van der Waals surface area contributed by atoms with Crippen LogP contribution in [0.5, 0.6) is 11.5 Å². The number of ether oxygens (including phenoxy) is 3. The molecule has 3 rings (SSSR count). The quantitative estimate of drug-likeness (QED) is 0.840. The summed E-state index contributed by atoms with van der Waals surface area (Å²) in [5.74, 6) is 1.45. The maximum atomic E-state index is 6.35. The molecule has 1 aromatic rings. The number of halogens is 1. The zero-order chi connectivity index (χ0) is 14.8. The van der Waals surface area contributed by atoms with E-state index in [1.54, 1.807) is 0 Å². The van der Waals surface area contributed by atoms with Gasteiger partial charge in [0.25, 0.3) is 0 Å². The third kappa shape index (κ3) is 3.44. The van der Waals surface area contributed by atoms with E-state index in [0.717, 1.165) is 37.4 Å². The lowest BCUT2D eigenvalue weighted by Gasteiger charge is -2.36. The first-order valence-corrected chi connectivity index (χ1v) is 7.95. The maximum absolute atomic E-state index is 6.35. The SMILES string of the molecule is C[C@@H]1CN(Cc2cc(Cl)c3c(c2)OCCCO3)[C@H](C)CO1. The van der Waals surface area contributed by atoms with Gasteiger partial charge in [-0.15, -0.1) is 0 Å². The highest BCUT2D eigenvalue weighted by molar-refractivity contribution is 6.32. The second kappa shape index (κ2) is 6.42. The number of fused-ring (bicyclic) bond motifs is 1. The van der Waals surface area contributed by atoms with Crippen LogP contribution in [0.3, 0.4) is 0 Å². The van der Waals surface area contributed by atoms with E-state index in [-0.39, 0.29) is 6.10 Å². The van der Waals surface area contributed by atoms with Crippen LogP contribution in [0.2, 0.25) is 5.02 Å². The molecule has 0 aliphatic carbocycles. The van der Waals surface area contributed by atoms with E-state index in [4.69, 9.17) is 25.8 Å². The molecule has 2 aliphatic heterocycles. The van der Waals surface area contributed by atoms with Gasteiger partial charge in [0.2, 0.25) is 0 Å². The van der Waals surface area contributed by atoms with Crippen LogP contribution < -0.4 is 9.47 Å². The molecule has 1 aromatic carbocycles. The minimum atomic E-state index is 0.275. The highest BCUT2D eigenvalue weighted by Crippen LogP contribution is 2.38. The van der Waals surface area contributed by atoms with E-state index in [1.165, 1.54) is 0 Å². The Morgan fingerprint density at radius 3 is 2.90 bits per heavy atom. The summed E-state index contributed by atoms with van der Waals surface area (Å²) in [6.07, 6.45) is 1.16. The van der Waals surface area contributed by atoms with Crippen molar-refractivity contribution in [3.63, 3.8) is 0 Å². The van der Waals surface area contributed by atoms with Crippen molar-refractivity contribution < 1.29 is 14.2 Å². The first-order valence-electron chi connectivity index (χ1n) is 7.57. The van der Waals surface area contributed by atoms with Crippen LogP contribution in [0.4, 0.5) is 0 Å². The molecular formula is C16H22ClNO3. The Balaban J connectivity index is 1.79. The molecule has 0 saturated carbocycles. The zero-order valence-corrected chi connectivity index (χ0v) is 13.4. The average molecular weight is 312 g/mol. The van der Waals surface area contributed by atoms with Crippen molar-refractivity contribution in [2.24, 2.45) is 0 Å². The molecule has 0 amide bonds. The third-order valence-corrected chi connectivity index (χ3v) is 4.27. The molecule has 2 aliphatic rings. The van der Waals surface area contributed by atoms with E-state index < -0.39 is 0 Å². The van der Waals surface area contributed by atoms with Crippen molar-refractivity contribution in [2.45, 2.75) is 39.0 Å². The number of rotatable bonds is 2. The number of hydrogen-bond acceptors (Lipinski definition) is 4. The minimum absolute atomic E-state index is 0.275. The summed E-state index contributed by atoms with van der Waals surface area (Å²) in [6.45, 7) is 8.20. The van der Waals surface area contributed by atoms with E-state index >= 15 is 0 Å². The van der Waals surface area contributed by atoms with Gasteiger partial charge < -0.3 is 14.2 Å². The molecule has 1 saturated heterocycles. The van der Waals surface area contributed by atoms with Crippen LogP contribution in [0.15, 0.2) is 12.1 Å². The Morgan fingerprint density at radius 2 is 2.05 bits per heavy atom. The van der Waals surface area contributed by atoms with Crippen molar-refractivity contribution in [1.82, 2.24) is 4.90 Å². The molecule has 116 valence electrons. The van der Waals surface area contributed by atoms with Crippen molar-refractivity contribution in [3.05, 3.63) is 22.7 Å².